The van der Waals surface area contributed by atoms with Crippen LogP contribution < -0.4 is 0 Å². The summed E-state index contributed by atoms with van der Waals surface area (Å²) in [5.41, 5.74) is 0.258. The van der Waals surface area contributed by atoms with Gasteiger partial charge in [-0.05, 0) is 5.41 Å². The van der Waals surface area contributed by atoms with E-state index >= 15 is 0 Å². The van der Waals surface area contributed by atoms with Crippen molar-refractivity contribution in [3.8, 4) is 0 Å². The molecule has 0 aliphatic carbocycles. The fraction of sp³-hybridized carbons (Fsp3) is 1.00. The molecule has 0 aromatic heterocycles. The summed E-state index contributed by atoms with van der Waals surface area (Å²) >= 11 is 0. The summed E-state index contributed by atoms with van der Waals surface area (Å²) in [6, 6.07) is 0.373. The maximum absolute atomic E-state index is 4.14. The number of nitrogens with zero attached hydrogens (tertiary/aromatic N) is 3. The summed E-state index contributed by atoms with van der Waals surface area (Å²) in [6.07, 6.45) is 0. The molecule has 3 heteroatoms. The second-order valence-electron chi connectivity index (χ2n) is 3.93. The molecule has 58 valence electrons. The normalized spacial score (nSPS) is 26.0. The Bertz CT molecular complexity index is 145. The van der Waals surface area contributed by atoms with Crippen LogP contribution >= 0.6 is 0 Å². The summed E-state index contributed by atoms with van der Waals surface area (Å²) in [5.74, 6) is 0. The summed E-state index contributed by atoms with van der Waals surface area (Å²) < 4.78 is 0. The van der Waals surface area contributed by atoms with E-state index in [4.69, 9.17) is 0 Å². The second kappa shape index (κ2) is 2.22. The molecule has 0 amide bonds. The van der Waals surface area contributed by atoms with Crippen molar-refractivity contribution in [2.75, 3.05) is 13.6 Å². The average Bonchev–Trinajstić information content (AvgIpc) is 2.11. The average molecular weight is 141 g/mol. The number of likely N-dealkylation sites (N-methyl/N-ethyl adjacent to an activating group) is 1. The van der Waals surface area contributed by atoms with Crippen LogP contribution in [0.25, 0.3) is 0 Å². The quantitative estimate of drug-likeness (QED) is 0.504. The molecule has 1 aliphatic heterocycles. The van der Waals surface area contributed by atoms with E-state index in [0.717, 1.165) is 6.54 Å². The SMILES string of the molecule is CN1CC(C(C)(C)C)N=N1. The van der Waals surface area contributed by atoms with Crippen LogP contribution in [0.15, 0.2) is 10.3 Å². The molecule has 10 heavy (non-hydrogen) atoms. The highest BCUT2D eigenvalue weighted by Crippen LogP contribution is 2.26. The van der Waals surface area contributed by atoms with Crippen molar-refractivity contribution in [2.24, 2.45) is 15.8 Å². The Kier molecular flexibility index (Phi) is 1.67. The summed E-state index contributed by atoms with van der Waals surface area (Å²) in [5, 5.41) is 9.97. The predicted molar refractivity (Wildman–Crippen MR) is 40.7 cm³/mol. The largest absolute Gasteiger partial charge is 0.280 e. The lowest BCUT2D eigenvalue weighted by Crippen LogP contribution is -2.29. The minimum Gasteiger partial charge on any atom is -0.280 e. The maximum atomic E-state index is 4.14. The number of hydrogen-bond donors (Lipinski definition) is 0. The van der Waals surface area contributed by atoms with Gasteiger partial charge in [0.2, 0.25) is 0 Å². The molecular weight excluding hydrogens is 126 g/mol. The van der Waals surface area contributed by atoms with Gasteiger partial charge in [-0.25, -0.2) is 0 Å². The summed E-state index contributed by atoms with van der Waals surface area (Å²) in [4.78, 5) is 0. The summed E-state index contributed by atoms with van der Waals surface area (Å²) in [6.45, 7) is 7.53. The van der Waals surface area contributed by atoms with Gasteiger partial charge in [-0.2, -0.15) is 5.11 Å². The van der Waals surface area contributed by atoms with Crippen LogP contribution in [0.4, 0.5) is 0 Å². The zero-order valence-electron chi connectivity index (χ0n) is 7.13. The Labute approximate surface area is 62.1 Å². The molecular formula is C7H15N3. The lowest BCUT2D eigenvalue weighted by Gasteiger charge is -2.22. The fourth-order valence-electron chi connectivity index (χ4n) is 0.921. The van der Waals surface area contributed by atoms with Crippen molar-refractivity contribution in [3.05, 3.63) is 0 Å². The third-order valence-electron chi connectivity index (χ3n) is 1.78. The van der Waals surface area contributed by atoms with Crippen LogP contribution in [-0.2, 0) is 0 Å². The Balaban J connectivity index is 2.55. The van der Waals surface area contributed by atoms with Gasteiger partial charge in [0.15, 0.2) is 0 Å². The predicted octanol–water partition coefficient (Wildman–Crippen LogP) is 1.71. The Morgan fingerprint density at radius 3 is 2.20 bits per heavy atom. The lowest BCUT2D eigenvalue weighted by molar-refractivity contribution is 0.289. The molecule has 1 rings (SSSR count). The molecule has 3 nitrogen and oxygen atoms in total. The smallest absolute Gasteiger partial charge is 0.0969 e. The van der Waals surface area contributed by atoms with E-state index in [1.807, 2.05) is 12.1 Å². The van der Waals surface area contributed by atoms with Crippen LogP contribution in [0, 0.1) is 5.41 Å². The van der Waals surface area contributed by atoms with Gasteiger partial charge >= 0.3 is 0 Å². The molecule has 1 atom stereocenters. The van der Waals surface area contributed by atoms with Gasteiger partial charge in [0, 0.05) is 7.05 Å². The van der Waals surface area contributed by atoms with Crippen LogP contribution in [0.5, 0.6) is 0 Å². The van der Waals surface area contributed by atoms with Crippen LogP contribution in [-0.4, -0.2) is 24.6 Å². The molecule has 0 aromatic rings. The third kappa shape index (κ3) is 1.46. The highest BCUT2D eigenvalue weighted by Gasteiger charge is 2.28. The Morgan fingerprint density at radius 1 is 1.40 bits per heavy atom. The molecule has 0 spiro atoms. The first-order chi connectivity index (χ1) is 4.50. The monoisotopic (exact) mass is 141 g/mol. The van der Waals surface area contributed by atoms with E-state index in [1.54, 1.807) is 0 Å². The van der Waals surface area contributed by atoms with Crippen molar-refractivity contribution in [1.29, 1.82) is 0 Å². The number of rotatable bonds is 0. The van der Waals surface area contributed by atoms with Gasteiger partial charge in [-0.15, -0.1) is 0 Å². The molecule has 1 heterocycles. The maximum Gasteiger partial charge on any atom is 0.0969 e. The van der Waals surface area contributed by atoms with Gasteiger partial charge in [0.1, 0.15) is 0 Å². The first kappa shape index (κ1) is 7.51. The van der Waals surface area contributed by atoms with E-state index in [-0.39, 0.29) is 5.41 Å². The zero-order chi connectivity index (χ0) is 7.78. The minimum absolute atomic E-state index is 0.258. The van der Waals surface area contributed by atoms with E-state index in [9.17, 15) is 0 Å². The van der Waals surface area contributed by atoms with Crippen LogP contribution in [0.3, 0.4) is 0 Å². The van der Waals surface area contributed by atoms with E-state index in [0.29, 0.717) is 6.04 Å². The van der Waals surface area contributed by atoms with E-state index < -0.39 is 0 Å². The fourth-order valence-corrected chi connectivity index (χ4v) is 0.921. The first-order valence-electron chi connectivity index (χ1n) is 3.62. The van der Waals surface area contributed by atoms with Crippen molar-refractivity contribution in [1.82, 2.24) is 5.01 Å². The standard InChI is InChI=1S/C7H15N3/c1-7(2,3)6-5-10(4)9-8-6/h6H,5H2,1-4H3. The van der Waals surface area contributed by atoms with Crippen molar-refractivity contribution < 1.29 is 0 Å². The van der Waals surface area contributed by atoms with Gasteiger partial charge in [-0.1, -0.05) is 26.0 Å². The minimum atomic E-state index is 0.258. The third-order valence-corrected chi connectivity index (χ3v) is 1.78. The number of hydrogen-bond acceptors (Lipinski definition) is 3. The Hall–Kier alpha value is -0.600. The van der Waals surface area contributed by atoms with Crippen molar-refractivity contribution in [2.45, 2.75) is 26.8 Å². The molecule has 1 aliphatic rings. The molecule has 1 unspecified atom stereocenters. The molecule has 0 saturated heterocycles. The van der Waals surface area contributed by atoms with Crippen molar-refractivity contribution >= 4 is 0 Å². The van der Waals surface area contributed by atoms with E-state index in [1.165, 1.54) is 0 Å². The zero-order valence-corrected chi connectivity index (χ0v) is 7.13. The molecule has 0 saturated carbocycles. The molecule has 0 fully saturated rings. The molecule has 0 N–H and O–H groups in total. The first-order valence-corrected chi connectivity index (χ1v) is 3.62. The Morgan fingerprint density at radius 2 is 2.00 bits per heavy atom. The highest BCUT2D eigenvalue weighted by molar-refractivity contribution is 4.83. The van der Waals surface area contributed by atoms with Crippen molar-refractivity contribution in [3.63, 3.8) is 0 Å². The topological polar surface area (TPSA) is 28.0 Å². The van der Waals surface area contributed by atoms with Crippen LogP contribution in [0.2, 0.25) is 0 Å². The van der Waals surface area contributed by atoms with Crippen LogP contribution in [0.1, 0.15) is 20.8 Å². The van der Waals surface area contributed by atoms with Gasteiger partial charge < -0.3 is 0 Å². The van der Waals surface area contributed by atoms with Gasteiger partial charge in [0.25, 0.3) is 0 Å². The lowest BCUT2D eigenvalue weighted by atomic mass is 9.87. The second-order valence-corrected chi connectivity index (χ2v) is 3.93. The molecule has 0 aromatic carbocycles. The molecule has 0 radical (unpaired) electrons. The van der Waals surface area contributed by atoms with Gasteiger partial charge in [0.05, 0.1) is 12.6 Å². The summed E-state index contributed by atoms with van der Waals surface area (Å²) in [7, 11) is 1.95. The van der Waals surface area contributed by atoms with Gasteiger partial charge in [-0.3, -0.25) is 5.01 Å². The van der Waals surface area contributed by atoms with E-state index in [2.05, 4.69) is 31.1 Å². The highest BCUT2D eigenvalue weighted by atomic mass is 15.6. The molecule has 0 bridgehead atoms.